The van der Waals surface area contributed by atoms with Crippen LogP contribution in [-0.4, -0.2) is 25.2 Å². The van der Waals surface area contributed by atoms with Crippen LogP contribution in [0.5, 0.6) is 0 Å². The van der Waals surface area contributed by atoms with Crippen LogP contribution in [0.3, 0.4) is 0 Å². The molecule has 0 radical (unpaired) electrons. The van der Waals surface area contributed by atoms with Crippen molar-refractivity contribution in [3.8, 4) is 0 Å². The second kappa shape index (κ2) is 25.6. The van der Waals surface area contributed by atoms with Gasteiger partial charge in [0.2, 0.25) is 0 Å². The molecule has 0 aromatic rings. The number of rotatable bonds is 26. The van der Waals surface area contributed by atoms with Crippen molar-refractivity contribution in [2.75, 3.05) is 13.2 Å². The van der Waals surface area contributed by atoms with Crippen molar-refractivity contribution in [2.24, 2.45) is 17.8 Å². The zero-order valence-corrected chi connectivity index (χ0v) is 24.9. The Morgan fingerprint density at radius 3 is 1.39 bits per heavy atom. The van der Waals surface area contributed by atoms with Gasteiger partial charge in [-0.05, 0) is 56.3 Å². The molecule has 1 atom stereocenters. The highest BCUT2D eigenvalue weighted by molar-refractivity contribution is 5.69. The lowest BCUT2D eigenvalue weighted by Gasteiger charge is -2.14. The number of unbranched alkanes of at least 4 members (excludes halogenated alkanes) is 10. The highest BCUT2D eigenvalue weighted by atomic mass is 16.5. The van der Waals surface area contributed by atoms with Gasteiger partial charge in [0.05, 0.1) is 13.2 Å². The normalized spacial score (nSPS) is 12.3. The summed E-state index contributed by atoms with van der Waals surface area (Å²) in [5.74, 6) is 2.10. The van der Waals surface area contributed by atoms with Gasteiger partial charge in [-0.2, -0.15) is 0 Å². The van der Waals surface area contributed by atoms with Gasteiger partial charge in [0.25, 0.3) is 0 Å². The molecule has 0 aliphatic heterocycles. The van der Waals surface area contributed by atoms with E-state index in [1.165, 1.54) is 64.2 Å². The van der Waals surface area contributed by atoms with Crippen molar-refractivity contribution in [1.29, 1.82) is 0 Å². The molecule has 4 heteroatoms. The lowest BCUT2D eigenvalue weighted by Crippen LogP contribution is -2.09. The molecule has 0 amide bonds. The molecule has 0 aliphatic carbocycles. The van der Waals surface area contributed by atoms with E-state index in [0.29, 0.717) is 32.0 Å². The molecule has 0 saturated heterocycles. The van der Waals surface area contributed by atoms with E-state index in [4.69, 9.17) is 9.47 Å². The van der Waals surface area contributed by atoms with Gasteiger partial charge in [0.15, 0.2) is 0 Å². The Morgan fingerprint density at radius 1 is 0.500 bits per heavy atom. The molecule has 0 spiro atoms. The molecule has 0 N–H and O–H groups in total. The molecule has 1 unspecified atom stereocenters. The van der Waals surface area contributed by atoms with Crippen molar-refractivity contribution in [3.05, 3.63) is 0 Å². The Labute approximate surface area is 225 Å². The molecule has 0 aromatic heterocycles. The summed E-state index contributed by atoms with van der Waals surface area (Å²) in [6.45, 7) is 12.4. The zero-order chi connectivity index (χ0) is 26.9. The number of ether oxygens (including phenoxy) is 2. The molecular formula is C32H62O4. The smallest absolute Gasteiger partial charge is 0.305 e. The number of hydrogen-bond acceptors (Lipinski definition) is 4. The summed E-state index contributed by atoms with van der Waals surface area (Å²) in [6.07, 6.45) is 22.4. The minimum absolute atomic E-state index is 0.00742. The Bertz CT molecular complexity index is 500. The first-order chi connectivity index (χ1) is 17.3. The van der Waals surface area contributed by atoms with E-state index >= 15 is 0 Å². The first kappa shape index (κ1) is 34.9. The highest BCUT2D eigenvalue weighted by Crippen LogP contribution is 2.20. The second-order valence-corrected chi connectivity index (χ2v) is 11.8. The van der Waals surface area contributed by atoms with Crippen molar-refractivity contribution in [2.45, 2.75) is 163 Å². The van der Waals surface area contributed by atoms with Gasteiger partial charge in [-0.3, -0.25) is 9.59 Å². The predicted molar refractivity (Wildman–Crippen MR) is 153 cm³/mol. The van der Waals surface area contributed by atoms with Crippen LogP contribution < -0.4 is 0 Å². The third kappa shape index (κ3) is 26.0. The number of hydrogen-bond donors (Lipinski definition) is 0. The largest absolute Gasteiger partial charge is 0.466 e. The van der Waals surface area contributed by atoms with Crippen molar-refractivity contribution in [1.82, 2.24) is 0 Å². The lowest BCUT2D eigenvalue weighted by atomic mass is 9.93. The summed E-state index contributed by atoms with van der Waals surface area (Å²) in [7, 11) is 0. The summed E-state index contributed by atoms with van der Waals surface area (Å²) < 4.78 is 10.7. The average molecular weight is 511 g/mol. The van der Waals surface area contributed by atoms with E-state index in [1.807, 2.05) is 0 Å². The van der Waals surface area contributed by atoms with Crippen LogP contribution in [0.2, 0.25) is 0 Å². The average Bonchev–Trinajstić information content (AvgIpc) is 2.83. The summed E-state index contributed by atoms with van der Waals surface area (Å²) >= 11 is 0. The van der Waals surface area contributed by atoms with Gasteiger partial charge < -0.3 is 9.47 Å². The number of carbonyl (C=O) groups excluding carboxylic acids is 2. The van der Waals surface area contributed by atoms with E-state index in [1.54, 1.807) is 0 Å². The molecule has 0 aliphatic rings. The SMILES string of the molecule is CCC(CCCCCCCCCCCC(=O)OCCCCC(C)C)CCC(=O)OCCCCC(C)C. The van der Waals surface area contributed by atoms with Crippen LogP contribution in [0.4, 0.5) is 0 Å². The molecule has 0 saturated carbocycles. The van der Waals surface area contributed by atoms with Crippen molar-refractivity contribution < 1.29 is 19.1 Å². The third-order valence-electron chi connectivity index (χ3n) is 7.21. The van der Waals surface area contributed by atoms with Crippen LogP contribution in [0.15, 0.2) is 0 Å². The zero-order valence-electron chi connectivity index (χ0n) is 24.9. The van der Waals surface area contributed by atoms with Gasteiger partial charge in [0, 0.05) is 12.8 Å². The fourth-order valence-corrected chi connectivity index (χ4v) is 4.64. The Balaban J connectivity index is 3.46. The first-order valence-electron chi connectivity index (χ1n) is 15.7. The molecule has 0 aromatic carbocycles. The summed E-state index contributed by atoms with van der Waals surface area (Å²) in [5, 5.41) is 0. The molecule has 36 heavy (non-hydrogen) atoms. The quantitative estimate of drug-likeness (QED) is 0.0858. The molecule has 0 fully saturated rings. The number of esters is 2. The molecule has 214 valence electrons. The fraction of sp³-hybridized carbons (Fsp3) is 0.938. The summed E-state index contributed by atoms with van der Waals surface area (Å²) in [5.41, 5.74) is 0. The molecule has 0 heterocycles. The third-order valence-corrected chi connectivity index (χ3v) is 7.21. The topological polar surface area (TPSA) is 52.6 Å². The second-order valence-electron chi connectivity index (χ2n) is 11.8. The van der Waals surface area contributed by atoms with Crippen molar-refractivity contribution in [3.63, 3.8) is 0 Å². The van der Waals surface area contributed by atoms with E-state index in [9.17, 15) is 9.59 Å². The maximum absolute atomic E-state index is 12.0. The maximum Gasteiger partial charge on any atom is 0.305 e. The molecule has 0 bridgehead atoms. The Kier molecular flexibility index (Phi) is 24.8. The van der Waals surface area contributed by atoms with Crippen LogP contribution in [0.25, 0.3) is 0 Å². The van der Waals surface area contributed by atoms with Crippen molar-refractivity contribution >= 4 is 11.9 Å². The summed E-state index contributed by atoms with van der Waals surface area (Å²) in [6, 6.07) is 0. The molecule has 0 rings (SSSR count). The maximum atomic E-state index is 12.0. The van der Waals surface area contributed by atoms with Gasteiger partial charge in [-0.1, -0.05) is 112 Å². The van der Waals surface area contributed by atoms with Gasteiger partial charge in [0.1, 0.15) is 0 Å². The minimum Gasteiger partial charge on any atom is -0.466 e. The predicted octanol–water partition coefficient (Wildman–Crippen LogP) is 9.82. The Hall–Kier alpha value is -1.06. The van der Waals surface area contributed by atoms with E-state index in [0.717, 1.165) is 63.2 Å². The van der Waals surface area contributed by atoms with Crippen LogP contribution >= 0.6 is 0 Å². The fourth-order valence-electron chi connectivity index (χ4n) is 4.64. The highest BCUT2D eigenvalue weighted by Gasteiger charge is 2.10. The molecular weight excluding hydrogens is 448 g/mol. The van der Waals surface area contributed by atoms with Crippen LogP contribution in [-0.2, 0) is 19.1 Å². The van der Waals surface area contributed by atoms with Crippen LogP contribution in [0, 0.1) is 17.8 Å². The van der Waals surface area contributed by atoms with E-state index in [2.05, 4.69) is 34.6 Å². The Morgan fingerprint density at radius 2 is 0.917 bits per heavy atom. The summed E-state index contributed by atoms with van der Waals surface area (Å²) in [4.78, 5) is 23.7. The number of carbonyl (C=O) groups is 2. The standard InChI is InChI=1S/C32H62O4/c1-6-30(24-25-32(34)36-27-19-17-21-29(4)5)22-14-12-10-8-7-9-11-13-15-23-31(33)35-26-18-16-20-28(2)3/h28-30H,6-27H2,1-5H3. The van der Waals surface area contributed by atoms with Gasteiger partial charge >= 0.3 is 11.9 Å². The van der Waals surface area contributed by atoms with E-state index < -0.39 is 0 Å². The van der Waals surface area contributed by atoms with E-state index in [-0.39, 0.29) is 11.9 Å². The monoisotopic (exact) mass is 510 g/mol. The van der Waals surface area contributed by atoms with Gasteiger partial charge in [-0.25, -0.2) is 0 Å². The first-order valence-corrected chi connectivity index (χ1v) is 15.7. The lowest BCUT2D eigenvalue weighted by molar-refractivity contribution is -0.145. The van der Waals surface area contributed by atoms with Gasteiger partial charge in [-0.15, -0.1) is 0 Å². The minimum atomic E-state index is -0.0149. The molecule has 4 nitrogen and oxygen atoms in total. The van der Waals surface area contributed by atoms with Crippen LogP contribution in [0.1, 0.15) is 163 Å².